The lowest BCUT2D eigenvalue weighted by Gasteiger charge is -2.37. The van der Waals surface area contributed by atoms with Crippen molar-refractivity contribution in [2.75, 3.05) is 43.3 Å². The summed E-state index contributed by atoms with van der Waals surface area (Å²) in [5.41, 5.74) is 0.853. The maximum absolute atomic E-state index is 5.77. The first kappa shape index (κ1) is 15.6. The molecule has 0 bridgehead atoms. The van der Waals surface area contributed by atoms with E-state index in [2.05, 4.69) is 25.4 Å². The molecule has 1 N–H and O–H groups in total. The van der Waals surface area contributed by atoms with Gasteiger partial charge >= 0.3 is 0 Å². The largest absolute Gasteiger partial charge is 0.454 e. The monoisotopic (exact) mass is 357 g/mol. The predicted molar refractivity (Wildman–Crippen MR) is 91.8 cm³/mol. The molecule has 0 amide bonds. The number of ether oxygens (including phenoxy) is 4. The summed E-state index contributed by atoms with van der Waals surface area (Å²) in [7, 11) is 0. The second-order valence-electron chi connectivity index (χ2n) is 6.43. The summed E-state index contributed by atoms with van der Waals surface area (Å²) < 4.78 is 22.3. The van der Waals surface area contributed by atoms with Crippen LogP contribution in [0.4, 0.5) is 17.5 Å². The van der Waals surface area contributed by atoms with Gasteiger partial charge in [0.15, 0.2) is 23.1 Å². The SMILES string of the molecule is c1cc2c(cc1Nc1cnnc(N3CCC4(CC3)OCCO4)n1)OCO2. The maximum atomic E-state index is 5.77. The van der Waals surface area contributed by atoms with E-state index in [1.54, 1.807) is 6.20 Å². The quantitative estimate of drug-likeness (QED) is 0.881. The summed E-state index contributed by atoms with van der Waals surface area (Å²) in [6, 6.07) is 5.66. The number of nitrogens with zero attached hydrogens (tertiary/aromatic N) is 4. The summed E-state index contributed by atoms with van der Waals surface area (Å²) in [4.78, 5) is 6.69. The van der Waals surface area contributed by atoms with Crippen LogP contribution in [-0.4, -0.2) is 54.1 Å². The van der Waals surface area contributed by atoms with Crippen molar-refractivity contribution in [3.63, 3.8) is 0 Å². The molecule has 2 saturated heterocycles. The van der Waals surface area contributed by atoms with E-state index in [4.69, 9.17) is 18.9 Å². The van der Waals surface area contributed by atoms with Gasteiger partial charge in [-0.3, -0.25) is 0 Å². The van der Waals surface area contributed by atoms with Gasteiger partial charge in [0, 0.05) is 37.7 Å². The number of nitrogens with one attached hydrogen (secondary N) is 1. The van der Waals surface area contributed by atoms with Crippen LogP contribution in [0.25, 0.3) is 0 Å². The average molecular weight is 357 g/mol. The van der Waals surface area contributed by atoms with Crippen LogP contribution in [0.15, 0.2) is 24.4 Å². The van der Waals surface area contributed by atoms with E-state index >= 15 is 0 Å². The Bertz CT molecular complexity index is 801. The van der Waals surface area contributed by atoms with E-state index in [9.17, 15) is 0 Å². The van der Waals surface area contributed by atoms with Crippen molar-refractivity contribution in [2.24, 2.45) is 0 Å². The van der Waals surface area contributed by atoms with Gasteiger partial charge in [-0.1, -0.05) is 0 Å². The summed E-state index contributed by atoms with van der Waals surface area (Å²) in [6.45, 7) is 3.15. The number of rotatable bonds is 3. The van der Waals surface area contributed by atoms with Crippen LogP contribution in [0.2, 0.25) is 0 Å². The van der Waals surface area contributed by atoms with Gasteiger partial charge in [0.25, 0.3) is 0 Å². The van der Waals surface area contributed by atoms with Gasteiger partial charge in [0.1, 0.15) is 0 Å². The molecule has 3 aliphatic heterocycles. The van der Waals surface area contributed by atoms with Crippen LogP contribution < -0.4 is 19.7 Å². The van der Waals surface area contributed by atoms with Gasteiger partial charge in [-0.15, -0.1) is 5.10 Å². The Morgan fingerprint density at radius 3 is 2.69 bits per heavy atom. The fraction of sp³-hybridized carbons (Fsp3) is 0.471. The molecule has 0 atom stereocenters. The molecular weight excluding hydrogens is 338 g/mol. The molecule has 5 rings (SSSR count). The first-order valence-corrected chi connectivity index (χ1v) is 8.69. The van der Waals surface area contributed by atoms with Crippen molar-refractivity contribution in [1.29, 1.82) is 0 Å². The standard InChI is InChI=1S/C17H19N5O4/c1-2-13-14(24-11-23-13)9-12(1)19-15-10-18-21-16(20-15)22-5-3-17(4-6-22)25-7-8-26-17/h1-2,9-10H,3-8,11H2,(H,19,20,21). The number of piperidine rings is 1. The molecule has 4 heterocycles. The van der Waals surface area contributed by atoms with Crippen molar-refractivity contribution in [3.05, 3.63) is 24.4 Å². The summed E-state index contributed by atoms with van der Waals surface area (Å²) in [6.07, 6.45) is 3.20. The van der Waals surface area contributed by atoms with Crippen LogP contribution in [0.3, 0.4) is 0 Å². The van der Waals surface area contributed by atoms with Gasteiger partial charge in [-0.05, 0) is 12.1 Å². The third kappa shape index (κ3) is 2.89. The first-order valence-electron chi connectivity index (χ1n) is 8.69. The average Bonchev–Trinajstić information content (AvgIpc) is 3.32. The molecule has 9 nitrogen and oxygen atoms in total. The normalized spacial score (nSPS) is 20.5. The van der Waals surface area contributed by atoms with E-state index < -0.39 is 5.79 Å². The molecule has 26 heavy (non-hydrogen) atoms. The molecule has 2 aromatic rings. The second kappa shape index (κ2) is 6.26. The highest BCUT2D eigenvalue weighted by Gasteiger charge is 2.40. The zero-order valence-electron chi connectivity index (χ0n) is 14.2. The molecule has 136 valence electrons. The third-order valence-corrected chi connectivity index (χ3v) is 4.81. The Balaban J connectivity index is 1.28. The molecule has 0 unspecified atom stereocenters. The van der Waals surface area contributed by atoms with E-state index in [1.807, 2.05) is 18.2 Å². The molecule has 9 heteroatoms. The minimum Gasteiger partial charge on any atom is -0.454 e. The van der Waals surface area contributed by atoms with Crippen molar-refractivity contribution >= 4 is 17.5 Å². The highest BCUT2D eigenvalue weighted by Crippen LogP contribution is 2.35. The number of fused-ring (bicyclic) bond motifs is 1. The molecule has 0 aliphatic carbocycles. The second-order valence-corrected chi connectivity index (χ2v) is 6.43. The molecule has 1 spiro atoms. The lowest BCUT2D eigenvalue weighted by Crippen LogP contribution is -2.45. The third-order valence-electron chi connectivity index (χ3n) is 4.81. The molecule has 3 aliphatic rings. The minimum atomic E-state index is -0.410. The highest BCUT2D eigenvalue weighted by molar-refractivity contribution is 5.61. The number of hydrogen-bond acceptors (Lipinski definition) is 9. The Morgan fingerprint density at radius 2 is 1.85 bits per heavy atom. The van der Waals surface area contributed by atoms with Crippen molar-refractivity contribution < 1.29 is 18.9 Å². The van der Waals surface area contributed by atoms with E-state index in [0.717, 1.165) is 43.1 Å². The van der Waals surface area contributed by atoms with Crippen molar-refractivity contribution in [2.45, 2.75) is 18.6 Å². The first-order chi connectivity index (χ1) is 12.8. The Hall–Kier alpha value is -2.65. The smallest absolute Gasteiger partial charge is 0.247 e. The molecule has 0 saturated carbocycles. The topological polar surface area (TPSA) is 90.9 Å². The molecule has 2 fully saturated rings. The lowest BCUT2D eigenvalue weighted by atomic mass is 10.0. The number of hydrogen-bond donors (Lipinski definition) is 1. The van der Waals surface area contributed by atoms with E-state index in [0.29, 0.717) is 25.0 Å². The summed E-state index contributed by atoms with van der Waals surface area (Å²) in [5.74, 6) is 2.28. The molecule has 1 aromatic heterocycles. The fourth-order valence-electron chi connectivity index (χ4n) is 3.44. The van der Waals surface area contributed by atoms with E-state index in [-0.39, 0.29) is 6.79 Å². The number of aromatic nitrogens is 3. The number of anilines is 3. The van der Waals surface area contributed by atoms with Gasteiger partial charge < -0.3 is 29.2 Å². The maximum Gasteiger partial charge on any atom is 0.247 e. The molecule has 0 radical (unpaired) electrons. The van der Waals surface area contributed by atoms with Gasteiger partial charge in [-0.2, -0.15) is 10.1 Å². The zero-order valence-corrected chi connectivity index (χ0v) is 14.2. The van der Waals surface area contributed by atoms with Gasteiger partial charge in [0.05, 0.1) is 19.4 Å². The fourth-order valence-corrected chi connectivity index (χ4v) is 3.44. The molecular formula is C17H19N5O4. The minimum absolute atomic E-state index is 0.252. The van der Waals surface area contributed by atoms with Gasteiger partial charge in [-0.25, -0.2) is 0 Å². The summed E-state index contributed by atoms with van der Waals surface area (Å²) in [5, 5.41) is 11.5. The highest BCUT2D eigenvalue weighted by atomic mass is 16.7. The van der Waals surface area contributed by atoms with Gasteiger partial charge in [0.2, 0.25) is 12.7 Å². The van der Waals surface area contributed by atoms with Crippen molar-refractivity contribution in [1.82, 2.24) is 15.2 Å². The summed E-state index contributed by atoms with van der Waals surface area (Å²) >= 11 is 0. The van der Waals surface area contributed by atoms with Crippen LogP contribution >= 0.6 is 0 Å². The van der Waals surface area contributed by atoms with Crippen LogP contribution in [0, 0.1) is 0 Å². The Morgan fingerprint density at radius 1 is 1.04 bits per heavy atom. The van der Waals surface area contributed by atoms with Crippen molar-refractivity contribution in [3.8, 4) is 11.5 Å². The lowest BCUT2D eigenvalue weighted by molar-refractivity contribution is -0.169. The molecule has 1 aromatic carbocycles. The van der Waals surface area contributed by atoms with Crippen LogP contribution in [-0.2, 0) is 9.47 Å². The van der Waals surface area contributed by atoms with E-state index in [1.165, 1.54) is 0 Å². The predicted octanol–water partition coefficient (Wildman–Crippen LogP) is 1.69. The Kier molecular flexibility index (Phi) is 3.75. The zero-order chi connectivity index (χ0) is 17.4. The van der Waals surface area contributed by atoms with Crippen LogP contribution in [0.1, 0.15) is 12.8 Å². The van der Waals surface area contributed by atoms with Crippen LogP contribution in [0.5, 0.6) is 11.5 Å². The number of benzene rings is 1. The Labute approximate surface area is 150 Å².